The maximum Gasteiger partial charge on any atom is 0.244 e. The summed E-state index contributed by atoms with van der Waals surface area (Å²) in [6.07, 6.45) is 0.730. The molecule has 0 radical (unpaired) electrons. The number of sulfonamides is 1. The fourth-order valence-corrected chi connectivity index (χ4v) is 4.60. The first kappa shape index (κ1) is 14.1. The first-order valence-electron chi connectivity index (χ1n) is 5.53. The van der Waals surface area contributed by atoms with Gasteiger partial charge in [0, 0.05) is 12.1 Å². The Hall–Kier alpha value is -0.330. The molecule has 4 nitrogen and oxygen atoms in total. The Kier molecular flexibility index (Phi) is 3.90. The van der Waals surface area contributed by atoms with Gasteiger partial charge < -0.3 is 5.32 Å². The summed E-state index contributed by atoms with van der Waals surface area (Å²) >= 11 is 11.9. The number of benzene rings is 1. The van der Waals surface area contributed by atoms with E-state index in [1.807, 2.05) is 6.92 Å². The Morgan fingerprint density at radius 2 is 1.94 bits per heavy atom. The zero-order chi connectivity index (χ0) is 13.4. The van der Waals surface area contributed by atoms with Crippen molar-refractivity contribution in [3.05, 3.63) is 28.2 Å². The zero-order valence-electron chi connectivity index (χ0n) is 9.83. The first-order valence-corrected chi connectivity index (χ1v) is 7.77. The predicted molar refractivity (Wildman–Crippen MR) is 72.7 cm³/mol. The van der Waals surface area contributed by atoms with E-state index in [-0.39, 0.29) is 14.9 Å². The number of halogens is 2. The number of hydrogen-bond donors (Lipinski definition) is 2. The molecule has 1 aromatic rings. The first-order chi connectivity index (χ1) is 8.34. The van der Waals surface area contributed by atoms with Gasteiger partial charge in [-0.05, 0) is 32.0 Å². The highest BCUT2D eigenvalue weighted by Gasteiger charge is 2.35. The van der Waals surface area contributed by atoms with Gasteiger partial charge in [0.1, 0.15) is 4.90 Å². The molecule has 0 amide bonds. The third-order valence-electron chi connectivity index (χ3n) is 2.94. The fraction of sp³-hybridized carbons (Fsp3) is 0.455. The molecule has 100 valence electrons. The van der Waals surface area contributed by atoms with Gasteiger partial charge >= 0.3 is 0 Å². The van der Waals surface area contributed by atoms with Crippen LogP contribution in [0.2, 0.25) is 10.0 Å². The van der Waals surface area contributed by atoms with E-state index in [1.165, 1.54) is 12.1 Å². The molecule has 0 aromatic heterocycles. The summed E-state index contributed by atoms with van der Waals surface area (Å²) in [5.74, 6) is 0. The van der Waals surface area contributed by atoms with Gasteiger partial charge in [-0.3, -0.25) is 0 Å². The van der Waals surface area contributed by atoms with Gasteiger partial charge in [-0.1, -0.05) is 29.3 Å². The maximum atomic E-state index is 12.3. The SMILES string of the molecule is CC1(NS(=O)(=O)c2c(Cl)cccc2Cl)CCNC1. The van der Waals surface area contributed by atoms with E-state index in [9.17, 15) is 8.42 Å². The fourth-order valence-electron chi connectivity index (χ4n) is 2.02. The highest BCUT2D eigenvalue weighted by atomic mass is 35.5. The summed E-state index contributed by atoms with van der Waals surface area (Å²) in [5, 5.41) is 3.38. The number of hydrogen-bond acceptors (Lipinski definition) is 3. The van der Waals surface area contributed by atoms with Gasteiger partial charge in [0.25, 0.3) is 0 Å². The lowest BCUT2D eigenvalue weighted by molar-refractivity contribution is 0.452. The van der Waals surface area contributed by atoms with Crippen molar-refractivity contribution in [2.45, 2.75) is 23.8 Å². The third kappa shape index (κ3) is 2.81. The molecule has 2 rings (SSSR count). The summed E-state index contributed by atoms with van der Waals surface area (Å²) in [7, 11) is -3.72. The summed E-state index contributed by atoms with van der Waals surface area (Å²) < 4.78 is 27.3. The molecule has 1 unspecified atom stereocenters. The molecule has 0 aliphatic carbocycles. The molecule has 1 aliphatic rings. The smallest absolute Gasteiger partial charge is 0.244 e. The molecule has 0 bridgehead atoms. The van der Waals surface area contributed by atoms with E-state index in [0.717, 1.165) is 13.0 Å². The van der Waals surface area contributed by atoms with Gasteiger partial charge in [-0.25, -0.2) is 13.1 Å². The lowest BCUT2D eigenvalue weighted by atomic mass is 10.0. The molecule has 0 saturated carbocycles. The molecule has 18 heavy (non-hydrogen) atoms. The Labute approximate surface area is 117 Å². The normalized spacial score (nSPS) is 24.4. The van der Waals surface area contributed by atoms with E-state index >= 15 is 0 Å². The largest absolute Gasteiger partial charge is 0.315 e. The lowest BCUT2D eigenvalue weighted by Gasteiger charge is -2.24. The van der Waals surface area contributed by atoms with Gasteiger partial charge in [0.05, 0.1) is 10.0 Å². The summed E-state index contributed by atoms with van der Waals surface area (Å²) in [6, 6.07) is 4.64. The predicted octanol–water partition coefficient (Wildman–Crippen LogP) is 2.02. The van der Waals surface area contributed by atoms with E-state index in [2.05, 4.69) is 10.0 Å². The van der Waals surface area contributed by atoms with Crippen molar-refractivity contribution < 1.29 is 8.42 Å². The van der Waals surface area contributed by atoms with Crippen LogP contribution >= 0.6 is 23.2 Å². The number of rotatable bonds is 3. The van der Waals surface area contributed by atoms with E-state index in [0.29, 0.717) is 6.54 Å². The molecule has 1 heterocycles. The molecular formula is C11H14Cl2N2O2S. The van der Waals surface area contributed by atoms with Crippen LogP contribution < -0.4 is 10.0 Å². The molecule has 1 atom stereocenters. The van der Waals surface area contributed by atoms with Crippen LogP contribution in [-0.2, 0) is 10.0 Å². The van der Waals surface area contributed by atoms with Crippen LogP contribution in [0, 0.1) is 0 Å². The quantitative estimate of drug-likeness (QED) is 0.898. The topological polar surface area (TPSA) is 58.2 Å². The van der Waals surface area contributed by atoms with Crippen molar-refractivity contribution >= 4 is 33.2 Å². The van der Waals surface area contributed by atoms with Gasteiger partial charge in [0.15, 0.2) is 0 Å². The van der Waals surface area contributed by atoms with Crippen LogP contribution in [0.1, 0.15) is 13.3 Å². The Balaban J connectivity index is 2.37. The Morgan fingerprint density at radius 1 is 1.33 bits per heavy atom. The summed E-state index contributed by atoms with van der Waals surface area (Å²) in [6.45, 7) is 3.23. The van der Waals surface area contributed by atoms with Crippen molar-refractivity contribution in [2.75, 3.05) is 13.1 Å². The Bertz CT molecular complexity index is 534. The van der Waals surface area contributed by atoms with Gasteiger partial charge in [0.2, 0.25) is 10.0 Å². The summed E-state index contributed by atoms with van der Waals surface area (Å²) in [4.78, 5) is -0.0542. The van der Waals surface area contributed by atoms with E-state index in [1.54, 1.807) is 6.07 Å². The monoisotopic (exact) mass is 308 g/mol. The van der Waals surface area contributed by atoms with Crippen LogP contribution in [0.25, 0.3) is 0 Å². The standard InChI is InChI=1S/C11H14Cl2N2O2S/c1-11(5-6-14-7-11)15-18(16,17)10-8(12)3-2-4-9(10)13/h2-4,14-15H,5-7H2,1H3. The molecule has 1 aliphatic heterocycles. The minimum absolute atomic E-state index is 0.0542. The zero-order valence-corrected chi connectivity index (χ0v) is 12.2. The molecule has 1 saturated heterocycles. The van der Waals surface area contributed by atoms with Crippen molar-refractivity contribution in [1.82, 2.24) is 10.0 Å². The average molecular weight is 309 g/mol. The van der Waals surface area contributed by atoms with Crippen LogP contribution in [0.4, 0.5) is 0 Å². The molecule has 2 N–H and O–H groups in total. The molecule has 1 fully saturated rings. The second kappa shape index (κ2) is 4.98. The Morgan fingerprint density at radius 3 is 2.44 bits per heavy atom. The van der Waals surface area contributed by atoms with Crippen molar-refractivity contribution in [3.63, 3.8) is 0 Å². The third-order valence-corrected chi connectivity index (χ3v) is 5.53. The molecule has 7 heteroatoms. The number of nitrogens with one attached hydrogen (secondary N) is 2. The van der Waals surface area contributed by atoms with E-state index in [4.69, 9.17) is 23.2 Å². The second-order valence-corrected chi connectivity index (χ2v) is 7.08. The van der Waals surface area contributed by atoms with Crippen LogP contribution in [0.5, 0.6) is 0 Å². The molecular weight excluding hydrogens is 295 g/mol. The maximum absolute atomic E-state index is 12.3. The van der Waals surface area contributed by atoms with E-state index < -0.39 is 15.6 Å². The minimum atomic E-state index is -3.72. The lowest BCUT2D eigenvalue weighted by Crippen LogP contribution is -2.47. The van der Waals surface area contributed by atoms with Crippen LogP contribution in [0.15, 0.2) is 23.1 Å². The highest BCUT2D eigenvalue weighted by molar-refractivity contribution is 7.89. The molecule has 0 spiro atoms. The second-order valence-electron chi connectivity index (χ2n) is 4.64. The molecule has 1 aromatic carbocycles. The summed E-state index contributed by atoms with van der Waals surface area (Å²) in [5.41, 5.74) is -0.499. The van der Waals surface area contributed by atoms with Crippen LogP contribution in [-0.4, -0.2) is 27.0 Å². The van der Waals surface area contributed by atoms with Gasteiger partial charge in [-0.2, -0.15) is 0 Å². The van der Waals surface area contributed by atoms with Crippen molar-refractivity contribution in [2.24, 2.45) is 0 Å². The van der Waals surface area contributed by atoms with Gasteiger partial charge in [-0.15, -0.1) is 0 Å². The average Bonchev–Trinajstić information content (AvgIpc) is 2.62. The van der Waals surface area contributed by atoms with Crippen molar-refractivity contribution in [1.29, 1.82) is 0 Å². The van der Waals surface area contributed by atoms with Crippen molar-refractivity contribution in [3.8, 4) is 0 Å². The minimum Gasteiger partial charge on any atom is -0.315 e. The van der Waals surface area contributed by atoms with Crippen LogP contribution in [0.3, 0.4) is 0 Å². The highest BCUT2D eigenvalue weighted by Crippen LogP contribution is 2.30.